The van der Waals surface area contributed by atoms with E-state index in [0.717, 1.165) is 39.9 Å². The minimum absolute atomic E-state index is 0.444. The van der Waals surface area contributed by atoms with Crippen LogP contribution >= 0.6 is 11.8 Å². The van der Waals surface area contributed by atoms with Gasteiger partial charge < -0.3 is 9.47 Å². The molecule has 1 heterocycles. The van der Waals surface area contributed by atoms with E-state index >= 15 is 0 Å². The number of carbonyl (C=O) groups excluding carboxylic acids is 1. The molecule has 2 aromatic rings. The molecule has 2 aromatic carbocycles. The zero-order chi connectivity index (χ0) is 20.6. The molecule has 0 saturated carbocycles. The number of benzene rings is 2. The molecule has 0 unspecified atom stereocenters. The molecule has 1 amide bonds. The number of carbonyl (C=O) groups is 1. The summed E-state index contributed by atoms with van der Waals surface area (Å²) in [6.07, 6.45) is 2.81. The van der Waals surface area contributed by atoms with Crippen LogP contribution in [-0.4, -0.2) is 32.0 Å². The predicted molar refractivity (Wildman–Crippen MR) is 117 cm³/mol. The smallest absolute Gasteiger partial charge is 0.438 e. The van der Waals surface area contributed by atoms with E-state index in [1.54, 1.807) is 11.8 Å². The summed E-state index contributed by atoms with van der Waals surface area (Å²) in [6, 6.07) is 13.8. The first-order valence-corrected chi connectivity index (χ1v) is 10.6. The molecule has 29 heavy (non-hydrogen) atoms. The Kier molecular flexibility index (Phi) is 7.55. The van der Waals surface area contributed by atoms with Crippen LogP contribution in [0.4, 0.5) is 16.2 Å². The summed E-state index contributed by atoms with van der Waals surface area (Å²) in [6.45, 7) is 2.64. The van der Waals surface area contributed by atoms with Crippen LogP contribution in [0.5, 0.6) is 5.75 Å². The average molecular weight is 415 g/mol. The van der Waals surface area contributed by atoms with E-state index in [2.05, 4.69) is 19.1 Å². The van der Waals surface area contributed by atoms with Crippen molar-refractivity contribution in [3.05, 3.63) is 53.6 Å². The van der Waals surface area contributed by atoms with Crippen LogP contribution in [0.2, 0.25) is 0 Å². The van der Waals surface area contributed by atoms with Gasteiger partial charge in [0.2, 0.25) is 0 Å². The van der Waals surface area contributed by atoms with Crippen LogP contribution < -0.4 is 9.80 Å². The third-order valence-electron chi connectivity index (χ3n) is 4.57. The molecule has 0 saturated heterocycles. The molecule has 6 nitrogen and oxygen atoms in total. The standard InChI is InChI=1S/C22H26N2O4S/c1-4-5-8-16-11-12-20-18(13-16)23-21(14-28-20)29-15-17-9-6-7-10-19(17)24(27-3)22(25)26-2/h6-7,9-13H,4-5,8,14-15H2,1-3H3. The number of hydrogen-bond donors (Lipinski definition) is 0. The first-order chi connectivity index (χ1) is 14.2. The number of hydroxylamine groups is 1. The van der Waals surface area contributed by atoms with Crippen LogP contribution in [0.25, 0.3) is 0 Å². The van der Waals surface area contributed by atoms with Gasteiger partial charge in [0.1, 0.15) is 23.1 Å². The van der Waals surface area contributed by atoms with Gasteiger partial charge in [-0.3, -0.25) is 4.84 Å². The van der Waals surface area contributed by atoms with Gasteiger partial charge in [-0.05, 0) is 42.2 Å². The molecule has 3 rings (SSSR count). The average Bonchev–Trinajstić information content (AvgIpc) is 2.77. The van der Waals surface area contributed by atoms with Gasteiger partial charge in [-0.15, -0.1) is 11.8 Å². The number of para-hydroxylation sites is 1. The Morgan fingerprint density at radius 1 is 1.24 bits per heavy atom. The number of anilines is 1. The lowest BCUT2D eigenvalue weighted by molar-refractivity contribution is 0.115. The maximum absolute atomic E-state index is 12.0. The molecular formula is C22H26N2O4S. The fourth-order valence-corrected chi connectivity index (χ4v) is 3.91. The largest absolute Gasteiger partial charge is 0.484 e. The highest BCUT2D eigenvalue weighted by molar-refractivity contribution is 8.13. The Morgan fingerprint density at radius 3 is 2.83 bits per heavy atom. The molecule has 0 spiro atoms. The number of amides is 1. The van der Waals surface area contributed by atoms with E-state index in [1.165, 1.54) is 26.2 Å². The van der Waals surface area contributed by atoms with E-state index in [-0.39, 0.29) is 0 Å². The summed E-state index contributed by atoms with van der Waals surface area (Å²) in [5.41, 5.74) is 3.75. The molecule has 0 radical (unpaired) electrons. The van der Waals surface area contributed by atoms with Gasteiger partial charge in [-0.2, -0.15) is 5.06 Å². The van der Waals surface area contributed by atoms with Crippen LogP contribution in [0, 0.1) is 0 Å². The van der Waals surface area contributed by atoms with Crippen molar-refractivity contribution in [3.8, 4) is 5.75 Å². The van der Waals surface area contributed by atoms with Gasteiger partial charge in [0, 0.05) is 5.75 Å². The summed E-state index contributed by atoms with van der Waals surface area (Å²) < 4.78 is 10.7. The SMILES string of the molecule is CCCCc1ccc2c(c1)N=C(SCc1ccccc1N(OC)C(=O)OC)CO2. The van der Waals surface area contributed by atoms with Gasteiger partial charge >= 0.3 is 6.09 Å². The second-order valence-corrected chi connectivity index (χ2v) is 7.61. The first-order valence-electron chi connectivity index (χ1n) is 9.62. The second kappa shape index (κ2) is 10.3. The number of ether oxygens (including phenoxy) is 2. The predicted octanol–water partition coefficient (Wildman–Crippen LogP) is 5.52. The zero-order valence-corrected chi connectivity index (χ0v) is 17.8. The van der Waals surface area contributed by atoms with E-state index in [4.69, 9.17) is 19.3 Å². The molecule has 0 aliphatic carbocycles. The summed E-state index contributed by atoms with van der Waals surface area (Å²) in [5, 5.41) is 2.05. The van der Waals surface area contributed by atoms with E-state index in [0.29, 0.717) is 18.0 Å². The Bertz CT molecular complexity index is 885. The first kappa shape index (κ1) is 21.2. The number of thioether (sulfide) groups is 1. The molecule has 0 fully saturated rings. The number of aliphatic imine (C=N–C) groups is 1. The summed E-state index contributed by atoms with van der Waals surface area (Å²) >= 11 is 1.59. The van der Waals surface area contributed by atoms with Gasteiger partial charge in [-0.25, -0.2) is 9.79 Å². The molecule has 0 N–H and O–H groups in total. The minimum atomic E-state index is -0.572. The second-order valence-electron chi connectivity index (χ2n) is 6.56. The molecular weight excluding hydrogens is 388 g/mol. The molecule has 154 valence electrons. The van der Waals surface area contributed by atoms with Crippen molar-refractivity contribution < 1.29 is 19.1 Å². The number of methoxy groups -OCH3 is 1. The van der Waals surface area contributed by atoms with Crippen LogP contribution in [0.1, 0.15) is 30.9 Å². The summed E-state index contributed by atoms with van der Waals surface area (Å²) in [4.78, 5) is 22.0. The number of aryl methyl sites for hydroxylation is 1. The van der Waals surface area contributed by atoms with Crippen molar-refractivity contribution in [2.45, 2.75) is 31.9 Å². The fourth-order valence-electron chi connectivity index (χ4n) is 3.04. The highest BCUT2D eigenvalue weighted by Gasteiger charge is 2.20. The third kappa shape index (κ3) is 5.31. The Balaban J connectivity index is 1.74. The molecule has 0 atom stereocenters. The topological polar surface area (TPSA) is 60.4 Å². The van der Waals surface area contributed by atoms with Crippen LogP contribution in [0.3, 0.4) is 0 Å². The van der Waals surface area contributed by atoms with Crippen molar-refractivity contribution in [1.82, 2.24) is 0 Å². The third-order valence-corrected chi connectivity index (χ3v) is 5.56. The highest BCUT2D eigenvalue weighted by Crippen LogP contribution is 2.35. The van der Waals surface area contributed by atoms with Gasteiger partial charge in [-0.1, -0.05) is 37.6 Å². The minimum Gasteiger partial charge on any atom is -0.484 e. The zero-order valence-electron chi connectivity index (χ0n) is 17.0. The molecule has 7 heteroatoms. The van der Waals surface area contributed by atoms with Crippen LogP contribution in [0.15, 0.2) is 47.5 Å². The monoisotopic (exact) mass is 414 g/mol. The highest BCUT2D eigenvalue weighted by atomic mass is 32.2. The maximum atomic E-state index is 12.0. The van der Waals surface area contributed by atoms with E-state index < -0.39 is 6.09 Å². The summed E-state index contributed by atoms with van der Waals surface area (Å²) in [7, 11) is 2.76. The lowest BCUT2D eigenvalue weighted by atomic mass is 10.1. The Hall–Kier alpha value is -2.51. The van der Waals surface area contributed by atoms with Crippen molar-refractivity contribution in [2.75, 3.05) is 25.9 Å². The number of hydrogen-bond acceptors (Lipinski definition) is 6. The molecule has 1 aliphatic heterocycles. The normalized spacial score (nSPS) is 12.6. The van der Waals surface area contributed by atoms with Gasteiger partial charge in [0.05, 0.1) is 19.9 Å². The van der Waals surface area contributed by atoms with Gasteiger partial charge in [0.25, 0.3) is 0 Å². The molecule has 1 aliphatic rings. The molecule has 0 bridgehead atoms. The number of unbranched alkanes of at least 4 members (excludes halogenated alkanes) is 1. The van der Waals surface area contributed by atoms with Crippen molar-refractivity contribution in [1.29, 1.82) is 0 Å². The lowest BCUT2D eigenvalue weighted by Crippen LogP contribution is -2.30. The van der Waals surface area contributed by atoms with E-state index in [9.17, 15) is 4.79 Å². The van der Waals surface area contributed by atoms with E-state index in [1.807, 2.05) is 30.3 Å². The lowest BCUT2D eigenvalue weighted by Gasteiger charge is -2.21. The maximum Gasteiger partial charge on any atom is 0.438 e. The van der Waals surface area contributed by atoms with Crippen LogP contribution in [-0.2, 0) is 21.7 Å². The van der Waals surface area contributed by atoms with Crippen molar-refractivity contribution in [2.24, 2.45) is 4.99 Å². The van der Waals surface area contributed by atoms with Crippen molar-refractivity contribution in [3.63, 3.8) is 0 Å². The quantitative estimate of drug-likeness (QED) is 0.558. The number of fused-ring (bicyclic) bond motifs is 1. The van der Waals surface area contributed by atoms with Crippen molar-refractivity contribution >= 4 is 34.3 Å². The fraction of sp³-hybridized carbons (Fsp3) is 0.364. The van der Waals surface area contributed by atoms with Gasteiger partial charge in [0.15, 0.2) is 0 Å². The molecule has 0 aromatic heterocycles. The Labute approximate surface area is 175 Å². The Morgan fingerprint density at radius 2 is 2.07 bits per heavy atom. The number of nitrogens with zero attached hydrogens (tertiary/aromatic N) is 2. The summed E-state index contributed by atoms with van der Waals surface area (Å²) in [5.74, 6) is 1.45. The number of rotatable bonds is 7.